The van der Waals surface area contributed by atoms with E-state index >= 15 is 0 Å². The highest BCUT2D eigenvalue weighted by Gasteiger charge is 2.47. The molecule has 2 amide bonds. The molecule has 1 heterocycles. The van der Waals surface area contributed by atoms with E-state index in [9.17, 15) is 22.8 Å². The Hall–Kier alpha value is -2.09. The maximum absolute atomic E-state index is 13.0. The van der Waals surface area contributed by atoms with Crippen molar-refractivity contribution < 1.29 is 27.5 Å². The van der Waals surface area contributed by atoms with E-state index < -0.39 is 29.4 Å². The Morgan fingerprint density at radius 1 is 1.26 bits per heavy atom. The van der Waals surface area contributed by atoms with Gasteiger partial charge in [-0.3, -0.25) is 14.5 Å². The van der Waals surface area contributed by atoms with Gasteiger partial charge in [0.15, 0.2) is 0 Å². The first kappa shape index (κ1) is 19.7. The van der Waals surface area contributed by atoms with Crippen LogP contribution in [0.15, 0.2) is 24.3 Å². The molecule has 1 saturated carbocycles. The Morgan fingerprint density at radius 3 is 2.52 bits per heavy atom. The summed E-state index contributed by atoms with van der Waals surface area (Å²) >= 11 is 0. The van der Waals surface area contributed by atoms with Crippen molar-refractivity contribution in [2.45, 2.75) is 63.9 Å². The molecular formula is C19H23F3N2O3. The van der Waals surface area contributed by atoms with Gasteiger partial charge in [0.25, 0.3) is 5.91 Å². The maximum atomic E-state index is 13.0. The molecule has 1 aliphatic heterocycles. The van der Waals surface area contributed by atoms with Gasteiger partial charge in [-0.05, 0) is 38.0 Å². The number of carbonyl (C=O) groups excluding carboxylic acids is 2. The predicted molar refractivity (Wildman–Crippen MR) is 92.7 cm³/mol. The minimum Gasteiger partial charge on any atom is -0.328 e. The van der Waals surface area contributed by atoms with Gasteiger partial charge >= 0.3 is 6.18 Å². The third kappa shape index (κ3) is 3.81. The van der Waals surface area contributed by atoms with Crippen LogP contribution in [0.25, 0.3) is 0 Å². The number of rotatable bonds is 3. The quantitative estimate of drug-likeness (QED) is 0.794. The first-order chi connectivity index (χ1) is 12.6. The van der Waals surface area contributed by atoms with Crippen molar-refractivity contribution in [2.75, 3.05) is 11.6 Å². The second kappa shape index (κ2) is 7.14. The molecule has 1 saturated heterocycles. The highest BCUT2D eigenvalue weighted by Crippen LogP contribution is 2.38. The molecule has 0 aromatic heterocycles. The molecule has 5 nitrogen and oxygen atoms in total. The van der Waals surface area contributed by atoms with Crippen LogP contribution >= 0.6 is 0 Å². The normalized spacial score (nSPS) is 22.8. The van der Waals surface area contributed by atoms with Gasteiger partial charge in [-0.2, -0.15) is 13.2 Å². The van der Waals surface area contributed by atoms with Gasteiger partial charge < -0.3 is 9.64 Å². The van der Waals surface area contributed by atoms with E-state index in [4.69, 9.17) is 4.74 Å². The van der Waals surface area contributed by atoms with Crippen LogP contribution in [-0.4, -0.2) is 35.2 Å². The molecule has 1 atom stereocenters. The molecular weight excluding hydrogens is 361 g/mol. The average Bonchev–Trinajstić information content (AvgIpc) is 2.96. The van der Waals surface area contributed by atoms with Crippen molar-refractivity contribution in [1.82, 2.24) is 4.90 Å². The first-order valence-corrected chi connectivity index (χ1v) is 9.04. The fourth-order valence-electron chi connectivity index (χ4n) is 4.03. The number of carbonyl (C=O) groups is 2. The summed E-state index contributed by atoms with van der Waals surface area (Å²) in [6.45, 7) is 3.14. The van der Waals surface area contributed by atoms with Gasteiger partial charge in [0.1, 0.15) is 6.73 Å². The zero-order valence-electron chi connectivity index (χ0n) is 15.4. The SMILES string of the molecule is CC(=O)N(C1OCN(c2cccc(C(F)(F)F)c2)C1=O)C1(C)CCCCC1. The third-order valence-electron chi connectivity index (χ3n) is 5.41. The number of hydrogen-bond donors (Lipinski definition) is 0. The molecule has 3 rings (SSSR count). The van der Waals surface area contributed by atoms with Gasteiger partial charge in [-0.15, -0.1) is 0 Å². The second-order valence-electron chi connectivity index (χ2n) is 7.41. The number of halogens is 3. The molecule has 1 aliphatic carbocycles. The highest BCUT2D eigenvalue weighted by atomic mass is 19.4. The summed E-state index contributed by atoms with van der Waals surface area (Å²) in [5.41, 5.74) is -1.22. The molecule has 1 unspecified atom stereocenters. The largest absolute Gasteiger partial charge is 0.416 e. The number of ether oxygens (including phenoxy) is 1. The summed E-state index contributed by atoms with van der Waals surface area (Å²) in [5, 5.41) is 0. The molecule has 148 valence electrons. The Kier molecular flexibility index (Phi) is 5.20. The summed E-state index contributed by atoms with van der Waals surface area (Å²) in [6.07, 6.45) is -1.08. The summed E-state index contributed by atoms with van der Waals surface area (Å²) in [7, 11) is 0. The Bertz CT molecular complexity index is 729. The maximum Gasteiger partial charge on any atom is 0.416 e. The van der Waals surface area contributed by atoms with Crippen molar-refractivity contribution in [3.8, 4) is 0 Å². The van der Waals surface area contributed by atoms with Crippen LogP contribution in [0.4, 0.5) is 18.9 Å². The standard InChI is InChI=1S/C19H23F3N2O3/c1-13(25)24(18(2)9-4-3-5-10-18)17-16(26)23(12-27-17)15-8-6-7-14(11-15)19(20,21)22/h6-8,11,17H,3-5,9-10,12H2,1-2H3. The molecule has 27 heavy (non-hydrogen) atoms. The van der Waals surface area contributed by atoms with Gasteiger partial charge in [0, 0.05) is 18.2 Å². The van der Waals surface area contributed by atoms with Gasteiger partial charge in [-0.25, -0.2) is 0 Å². The van der Waals surface area contributed by atoms with Crippen LogP contribution in [0.2, 0.25) is 0 Å². The number of amides is 2. The number of benzene rings is 1. The van der Waals surface area contributed by atoms with Gasteiger partial charge in [0.05, 0.1) is 5.56 Å². The van der Waals surface area contributed by atoms with E-state index in [0.717, 1.165) is 49.1 Å². The van der Waals surface area contributed by atoms with Crippen LogP contribution in [0.1, 0.15) is 51.5 Å². The van der Waals surface area contributed by atoms with Gasteiger partial charge in [0.2, 0.25) is 12.1 Å². The molecule has 2 fully saturated rings. The molecule has 1 aromatic carbocycles. The third-order valence-corrected chi connectivity index (χ3v) is 5.41. The van der Waals surface area contributed by atoms with Crippen LogP contribution in [0.3, 0.4) is 0 Å². The smallest absolute Gasteiger partial charge is 0.328 e. The van der Waals surface area contributed by atoms with Crippen molar-refractivity contribution in [1.29, 1.82) is 0 Å². The monoisotopic (exact) mass is 384 g/mol. The van der Waals surface area contributed by atoms with E-state index in [-0.39, 0.29) is 18.3 Å². The number of nitrogens with zero attached hydrogens (tertiary/aromatic N) is 2. The lowest BCUT2D eigenvalue weighted by molar-refractivity contribution is -0.161. The minimum absolute atomic E-state index is 0.106. The Morgan fingerprint density at radius 2 is 1.93 bits per heavy atom. The molecule has 1 aromatic rings. The van der Waals surface area contributed by atoms with E-state index in [1.165, 1.54) is 24.0 Å². The van der Waals surface area contributed by atoms with Crippen LogP contribution in [0.5, 0.6) is 0 Å². The van der Waals surface area contributed by atoms with Crippen molar-refractivity contribution in [3.63, 3.8) is 0 Å². The summed E-state index contributed by atoms with van der Waals surface area (Å²) < 4.78 is 44.5. The Labute approximate surface area is 156 Å². The van der Waals surface area contributed by atoms with E-state index in [1.807, 2.05) is 6.92 Å². The van der Waals surface area contributed by atoms with Crippen LogP contribution in [-0.2, 0) is 20.5 Å². The molecule has 8 heteroatoms. The lowest BCUT2D eigenvalue weighted by Gasteiger charge is -2.45. The van der Waals surface area contributed by atoms with Crippen molar-refractivity contribution in [3.05, 3.63) is 29.8 Å². The Balaban J connectivity index is 1.86. The highest BCUT2D eigenvalue weighted by molar-refractivity contribution is 5.99. The lowest BCUT2D eigenvalue weighted by atomic mass is 9.81. The van der Waals surface area contributed by atoms with E-state index in [0.29, 0.717) is 0 Å². The van der Waals surface area contributed by atoms with Crippen molar-refractivity contribution >= 4 is 17.5 Å². The summed E-state index contributed by atoms with van der Waals surface area (Å²) in [6, 6.07) is 4.56. The average molecular weight is 384 g/mol. The van der Waals surface area contributed by atoms with Gasteiger partial charge in [-0.1, -0.05) is 25.3 Å². The number of hydrogen-bond acceptors (Lipinski definition) is 3. The first-order valence-electron chi connectivity index (χ1n) is 9.04. The fraction of sp³-hybridized carbons (Fsp3) is 0.579. The molecule has 0 bridgehead atoms. The van der Waals surface area contributed by atoms with Crippen LogP contribution < -0.4 is 4.90 Å². The zero-order valence-corrected chi connectivity index (χ0v) is 15.4. The topological polar surface area (TPSA) is 49.9 Å². The lowest BCUT2D eigenvalue weighted by Crippen LogP contribution is -2.57. The predicted octanol–water partition coefficient (Wildman–Crippen LogP) is 3.92. The molecule has 0 spiro atoms. The number of alkyl halides is 3. The second-order valence-corrected chi connectivity index (χ2v) is 7.41. The van der Waals surface area contributed by atoms with Crippen LogP contribution in [0, 0.1) is 0 Å². The molecule has 0 N–H and O–H groups in total. The fourth-order valence-corrected chi connectivity index (χ4v) is 4.03. The van der Waals surface area contributed by atoms with Crippen molar-refractivity contribution in [2.24, 2.45) is 0 Å². The van der Waals surface area contributed by atoms with E-state index in [1.54, 1.807) is 0 Å². The van der Waals surface area contributed by atoms with E-state index in [2.05, 4.69) is 0 Å². The number of anilines is 1. The summed E-state index contributed by atoms with van der Waals surface area (Å²) in [4.78, 5) is 27.9. The molecule has 0 radical (unpaired) electrons. The molecule has 2 aliphatic rings. The summed E-state index contributed by atoms with van der Waals surface area (Å²) in [5.74, 6) is -0.792. The minimum atomic E-state index is -4.50. The zero-order chi connectivity index (χ0) is 19.8.